The van der Waals surface area contributed by atoms with Crippen molar-refractivity contribution in [1.29, 1.82) is 5.26 Å². The molecule has 0 radical (unpaired) electrons. The van der Waals surface area contributed by atoms with Gasteiger partial charge in [0.25, 0.3) is 0 Å². The zero-order valence-electron chi connectivity index (χ0n) is 6.99. The molecule has 0 aliphatic heterocycles. The quantitative estimate of drug-likeness (QED) is 0.662. The maximum atomic E-state index is 8.30. The van der Waals surface area contributed by atoms with Crippen LogP contribution in [0.4, 0.5) is 0 Å². The summed E-state index contributed by atoms with van der Waals surface area (Å²) in [6, 6.07) is 5.92. The van der Waals surface area contributed by atoms with Crippen LogP contribution in [-0.4, -0.2) is 4.98 Å². The Labute approximate surface area is 72.2 Å². The van der Waals surface area contributed by atoms with E-state index in [1.54, 1.807) is 6.20 Å². The first-order valence-electron chi connectivity index (χ1n) is 3.79. The zero-order valence-corrected chi connectivity index (χ0v) is 6.99. The molecule has 0 aliphatic carbocycles. The molecule has 1 aromatic rings. The van der Waals surface area contributed by atoms with Crippen molar-refractivity contribution in [3.05, 3.63) is 35.7 Å². The molecule has 0 spiro atoms. The summed E-state index contributed by atoms with van der Waals surface area (Å²) in [6.07, 6.45) is 5.97. The van der Waals surface area contributed by atoms with Gasteiger partial charge in [-0.3, -0.25) is 4.98 Å². The van der Waals surface area contributed by atoms with Gasteiger partial charge in [-0.1, -0.05) is 18.2 Å². The first kappa shape index (κ1) is 8.48. The van der Waals surface area contributed by atoms with E-state index in [4.69, 9.17) is 5.26 Å². The standard InChI is InChI=1S/C10H10N2/c1-9-10(5-2-3-7-11)6-4-8-12-9/h2,4-6,8H,3H2,1H3. The second kappa shape index (κ2) is 4.30. The first-order chi connectivity index (χ1) is 5.84. The van der Waals surface area contributed by atoms with Crippen LogP contribution in [-0.2, 0) is 0 Å². The van der Waals surface area contributed by atoms with Crippen molar-refractivity contribution >= 4 is 6.08 Å². The van der Waals surface area contributed by atoms with E-state index in [2.05, 4.69) is 11.1 Å². The van der Waals surface area contributed by atoms with Crippen molar-refractivity contribution < 1.29 is 0 Å². The molecule has 0 bridgehead atoms. The maximum absolute atomic E-state index is 8.30. The van der Waals surface area contributed by atoms with Crippen LogP contribution >= 0.6 is 0 Å². The van der Waals surface area contributed by atoms with Crippen molar-refractivity contribution in [3.8, 4) is 6.07 Å². The highest BCUT2D eigenvalue weighted by molar-refractivity contribution is 5.51. The minimum Gasteiger partial charge on any atom is -0.261 e. The molecular formula is C10H10N2. The molecule has 0 fully saturated rings. The van der Waals surface area contributed by atoms with Gasteiger partial charge in [0.05, 0.1) is 12.5 Å². The normalized spacial score (nSPS) is 10.0. The van der Waals surface area contributed by atoms with Crippen molar-refractivity contribution in [3.63, 3.8) is 0 Å². The summed E-state index contributed by atoms with van der Waals surface area (Å²) in [5.41, 5.74) is 2.07. The Morgan fingerprint density at radius 1 is 1.67 bits per heavy atom. The first-order valence-corrected chi connectivity index (χ1v) is 3.79. The van der Waals surface area contributed by atoms with Crippen molar-refractivity contribution in [2.45, 2.75) is 13.3 Å². The van der Waals surface area contributed by atoms with E-state index in [-0.39, 0.29) is 0 Å². The van der Waals surface area contributed by atoms with Gasteiger partial charge in [0.2, 0.25) is 0 Å². The lowest BCUT2D eigenvalue weighted by Gasteiger charge is -1.95. The fourth-order valence-electron chi connectivity index (χ4n) is 0.911. The summed E-state index contributed by atoms with van der Waals surface area (Å²) in [6.45, 7) is 1.95. The minimum atomic E-state index is 0.453. The maximum Gasteiger partial charge on any atom is 0.0663 e. The zero-order chi connectivity index (χ0) is 8.81. The summed E-state index contributed by atoms with van der Waals surface area (Å²) in [5, 5.41) is 8.30. The van der Waals surface area contributed by atoms with Gasteiger partial charge >= 0.3 is 0 Å². The van der Waals surface area contributed by atoms with Gasteiger partial charge in [-0.2, -0.15) is 5.26 Å². The molecule has 1 rings (SSSR count). The molecule has 0 aliphatic rings. The van der Waals surface area contributed by atoms with Gasteiger partial charge in [-0.25, -0.2) is 0 Å². The summed E-state index contributed by atoms with van der Waals surface area (Å²) in [4.78, 5) is 4.12. The van der Waals surface area contributed by atoms with Crippen LogP contribution in [0.3, 0.4) is 0 Å². The fraction of sp³-hybridized carbons (Fsp3) is 0.200. The number of pyridine rings is 1. The molecule has 0 aromatic carbocycles. The molecule has 2 heteroatoms. The molecule has 0 saturated carbocycles. The number of aromatic nitrogens is 1. The number of aryl methyl sites for hydroxylation is 1. The predicted molar refractivity (Wildman–Crippen MR) is 48.2 cm³/mol. The molecule has 0 N–H and O–H groups in total. The van der Waals surface area contributed by atoms with E-state index < -0.39 is 0 Å². The second-order valence-corrected chi connectivity index (χ2v) is 2.44. The molecule has 0 unspecified atom stereocenters. The minimum absolute atomic E-state index is 0.453. The third kappa shape index (κ3) is 2.21. The number of hydrogen-bond donors (Lipinski definition) is 0. The Morgan fingerprint density at radius 3 is 3.17 bits per heavy atom. The number of nitrogens with zero attached hydrogens (tertiary/aromatic N) is 2. The Balaban J connectivity index is 2.77. The van der Waals surface area contributed by atoms with E-state index >= 15 is 0 Å². The molecule has 0 saturated heterocycles. The van der Waals surface area contributed by atoms with Gasteiger partial charge in [0.1, 0.15) is 0 Å². The second-order valence-electron chi connectivity index (χ2n) is 2.44. The van der Waals surface area contributed by atoms with Crippen LogP contribution in [0.15, 0.2) is 24.4 Å². The molecule has 0 atom stereocenters. The van der Waals surface area contributed by atoms with Crippen LogP contribution in [0.2, 0.25) is 0 Å². The van der Waals surface area contributed by atoms with Crippen molar-refractivity contribution in [2.24, 2.45) is 0 Å². The molecule has 1 heterocycles. The molecule has 12 heavy (non-hydrogen) atoms. The summed E-state index contributed by atoms with van der Waals surface area (Å²) in [5.74, 6) is 0. The highest BCUT2D eigenvalue weighted by Gasteiger charge is 1.90. The monoisotopic (exact) mass is 158 g/mol. The lowest BCUT2D eigenvalue weighted by Crippen LogP contribution is -1.83. The lowest BCUT2D eigenvalue weighted by molar-refractivity contribution is 1.19. The molecule has 0 amide bonds. The van der Waals surface area contributed by atoms with Gasteiger partial charge < -0.3 is 0 Å². The third-order valence-electron chi connectivity index (χ3n) is 1.55. The number of hydrogen-bond acceptors (Lipinski definition) is 2. The predicted octanol–water partition coefficient (Wildman–Crippen LogP) is 2.32. The summed E-state index contributed by atoms with van der Waals surface area (Å²) < 4.78 is 0. The highest BCUT2D eigenvalue weighted by atomic mass is 14.7. The average molecular weight is 158 g/mol. The Kier molecular flexibility index (Phi) is 3.04. The van der Waals surface area contributed by atoms with Crippen molar-refractivity contribution in [2.75, 3.05) is 0 Å². The van der Waals surface area contributed by atoms with Gasteiger partial charge in [-0.15, -0.1) is 0 Å². The highest BCUT2D eigenvalue weighted by Crippen LogP contribution is 2.05. The summed E-state index contributed by atoms with van der Waals surface area (Å²) in [7, 11) is 0. The van der Waals surface area contributed by atoms with Crippen LogP contribution in [0, 0.1) is 18.3 Å². The largest absolute Gasteiger partial charge is 0.261 e. The number of allylic oxidation sites excluding steroid dienone is 1. The topological polar surface area (TPSA) is 36.7 Å². The molecule has 1 aromatic heterocycles. The number of nitriles is 1. The Hall–Kier alpha value is -1.62. The van der Waals surface area contributed by atoms with Gasteiger partial charge in [-0.05, 0) is 18.6 Å². The van der Waals surface area contributed by atoms with Crippen LogP contribution in [0.5, 0.6) is 0 Å². The van der Waals surface area contributed by atoms with Crippen molar-refractivity contribution in [1.82, 2.24) is 4.98 Å². The summed E-state index contributed by atoms with van der Waals surface area (Å²) >= 11 is 0. The molecule has 2 nitrogen and oxygen atoms in total. The Bertz CT molecular complexity index is 321. The third-order valence-corrected chi connectivity index (χ3v) is 1.55. The molecule has 60 valence electrons. The van der Waals surface area contributed by atoms with Gasteiger partial charge in [0, 0.05) is 11.9 Å². The molecular weight excluding hydrogens is 148 g/mol. The Morgan fingerprint density at radius 2 is 2.50 bits per heavy atom. The van der Waals surface area contributed by atoms with Gasteiger partial charge in [0.15, 0.2) is 0 Å². The van der Waals surface area contributed by atoms with E-state index in [0.29, 0.717) is 6.42 Å². The smallest absolute Gasteiger partial charge is 0.0663 e. The van der Waals surface area contributed by atoms with E-state index in [1.807, 2.05) is 31.2 Å². The number of rotatable bonds is 2. The fourth-order valence-corrected chi connectivity index (χ4v) is 0.911. The SMILES string of the molecule is Cc1ncccc1C=CCC#N. The lowest BCUT2D eigenvalue weighted by atomic mass is 10.2. The van der Waals surface area contributed by atoms with Crippen LogP contribution < -0.4 is 0 Å². The van der Waals surface area contributed by atoms with Crippen LogP contribution in [0.1, 0.15) is 17.7 Å². The van der Waals surface area contributed by atoms with E-state index in [9.17, 15) is 0 Å². The van der Waals surface area contributed by atoms with E-state index in [0.717, 1.165) is 11.3 Å². The van der Waals surface area contributed by atoms with E-state index in [1.165, 1.54) is 0 Å². The van der Waals surface area contributed by atoms with Crippen LogP contribution in [0.25, 0.3) is 6.08 Å². The average Bonchev–Trinajstić information content (AvgIpc) is 2.09.